The van der Waals surface area contributed by atoms with Gasteiger partial charge in [0.25, 0.3) is 0 Å². The summed E-state index contributed by atoms with van der Waals surface area (Å²) >= 11 is 7.92. The summed E-state index contributed by atoms with van der Waals surface area (Å²) in [7, 11) is 0. The second-order valence-corrected chi connectivity index (χ2v) is 5.47. The molecule has 1 nitrogen and oxygen atoms in total. The Labute approximate surface area is 98.9 Å². The van der Waals surface area contributed by atoms with Crippen LogP contribution < -0.4 is 5.73 Å². The molecule has 0 aliphatic rings. The van der Waals surface area contributed by atoms with Gasteiger partial charge in [-0.1, -0.05) is 37.6 Å². The van der Waals surface area contributed by atoms with Crippen LogP contribution in [0.1, 0.15) is 30.2 Å². The van der Waals surface area contributed by atoms with Gasteiger partial charge in [-0.05, 0) is 17.5 Å². The quantitative estimate of drug-likeness (QED) is 0.838. The molecule has 0 aliphatic carbocycles. The van der Waals surface area contributed by atoms with Crippen molar-refractivity contribution in [2.45, 2.75) is 26.3 Å². The predicted octanol–water partition coefficient (Wildman–Crippen LogP) is 4.14. The number of hydrogen-bond donors (Lipinski definition) is 1. The molecule has 0 spiro atoms. The van der Waals surface area contributed by atoms with Gasteiger partial charge in [-0.25, -0.2) is 0 Å². The number of thiophene rings is 1. The molecule has 0 amide bonds. The third-order valence-corrected chi connectivity index (χ3v) is 4.29. The average molecular weight is 240 g/mol. The standard InChI is InChI=1S/C12H14ClNS/c1-7(2)8-3-4-9-10(5-8)15-11(6-14)12(9)13/h3-5,7H,6,14H2,1-2H3. The van der Waals surface area contributed by atoms with Crippen molar-refractivity contribution in [1.82, 2.24) is 0 Å². The van der Waals surface area contributed by atoms with Crippen LogP contribution in [0.5, 0.6) is 0 Å². The Balaban J connectivity index is 2.63. The van der Waals surface area contributed by atoms with E-state index in [2.05, 4.69) is 32.0 Å². The summed E-state index contributed by atoms with van der Waals surface area (Å²) in [6.07, 6.45) is 0. The lowest BCUT2D eigenvalue weighted by molar-refractivity contribution is 0.869. The number of fused-ring (bicyclic) bond motifs is 1. The maximum atomic E-state index is 6.22. The van der Waals surface area contributed by atoms with E-state index in [0.29, 0.717) is 12.5 Å². The van der Waals surface area contributed by atoms with Gasteiger partial charge in [0, 0.05) is 21.5 Å². The molecule has 1 heterocycles. The van der Waals surface area contributed by atoms with Crippen LogP contribution in [-0.4, -0.2) is 0 Å². The summed E-state index contributed by atoms with van der Waals surface area (Å²) in [6, 6.07) is 6.46. The lowest BCUT2D eigenvalue weighted by atomic mass is 10.0. The molecular formula is C12H14ClNS. The summed E-state index contributed by atoms with van der Waals surface area (Å²) in [5.74, 6) is 0.552. The van der Waals surface area contributed by atoms with Gasteiger partial charge in [-0.2, -0.15) is 0 Å². The molecule has 0 aliphatic heterocycles. The molecule has 80 valence electrons. The fraction of sp³-hybridized carbons (Fsp3) is 0.333. The highest BCUT2D eigenvalue weighted by Crippen LogP contribution is 2.36. The molecule has 0 saturated heterocycles. The van der Waals surface area contributed by atoms with E-state index in [1.54, 1.807) is 11.3 Å². The van der Waals surface area contributed by atoms with Crippen LogP contribution in [0.2, 0.25) is 5.02 Å². The van der Waals surface area contributed by atoms with Gasteiger partial charge in [0.05, 0.1) is 5.02 Å². The monoisotopic (exact) mass is 239 g/mol. The molecule has 1 aromatic carbocycles. The fourth-order valence-corrected chi connectivity index (χ4v) is 3.06. The predicted molar refractivity (Wildman–Crippen MR) is 68.8 cm³/mol. The third-order valence-electron chi connectivity index (χ3n) is 2.57. The normalized spacial score (nSPS) is 11.5. The molecule has 2 rings (SSSR count). The van der Waals surface area contributed by atoms with Crippen LogP contribution in [0, 0.1) is 0 Å². The lowest BCUT2D eigenvalue weighted by Crippen LogP contribution is -1.92. The van der Waals surface area contributed by atoms with Crippen LogP contribution in [0.4, 0.5) is 0 Å². The minimum Gasteiger partial charge on any atom is -0.326 e. The Morgan fingerprint density at radius 3 is 2.73 bits per heavy atom. The van der Waals surface area contributed by atoms with Gasteiger partial charge in [-0.15, -0.1) is 11.3 Å². The van der Waals surface area contributed by atoms with Crippen molar-refractivity contribution in [2.75, 3.05) is 0 Å². The third kappa shape index (κ3) is 1.89. The highest BCUT2D eigenvalue weighted by Gasteiger charge is 2.10. The van der Waals surface area contributed by atoms with E-state index in [4.69, 9.17) is 17.3 Å². The minimum absolute atomic E-state index is 0.523. The molecular weight excluding hydrogens is 226 g/mol. The summed E-state index contributed by atoms with van der Waals surface area (Å²) in [4.78, 5) is 1.08. The van der Waals surface area contributed by atoms with Crippen LogP contribution >= 0.6 is 22.9 Å². The molecule has 0 unspecified atom stereocenters. The van der Waals surface area contributed by atoms with Crippen molar-refractivity contribution in [2.24, 2.45) is 5.73 Å². The van der Waals surface area contributed by atoms with Crippen LogP contribution in [0.3, 0.4) is 0 Å². The Morgan fingerprint density at radius 1 is 1.40 bits per heavy atom. The molecule has 3 heteroatoms. The molecule has 0 radical (unpaired) electrons. The minimum atomic E-state index is 0.523. The zero-order chi connectivity index (χ0) is 11.0. The molecule has 1 aromatic heterocycles. The van der Waals surface area contributed by atoms with Gasteiger partial charge in [0.1, 0.15) is 0 Å². The van der Waals surface area contributed by atoms with E-state index in [0.717, 1.165) is 15.3 Å². The molecule has 0 bridgehead atoms. The first-order valence-corrected chi connectivity index (χ1v) is 6.23. The fourth-order valence-electron chi connectivity index (χ4n) is 1.62. The first-order chi connectivity index (χ1) is 7.13. The first kappa shape index (κ1) is 10.9. The zero-order valence-electron chi connectivity index (χ0n) is 8.88. The van der Waals surface area contributed by atoms with E-state index in [9.17, 15) is 0 Å². The largest absolute Gasteiger partial charge is 0.326 e. The van der Waals surface area contributed by atoms with Gasteiger partial charge in [0.15, 0.2) is 0 Å². The highest BCUT2D eigenvalue weighted by molar-refractivity contribution is 7.19. The van der Waals surface area contributed by atoms with Gasteiger partial charge in [-0.3, -0.25) is 0 Å². The van der Waals surface area contributed by atoms with E-state index < -0.39 is 0 Å². The van der Waals surface area contributed by atoms with E-state index in [1.165, 1.54) is 10.3 Å². The number of halogens is 1. The number of hydrogen-bond acceptors (Lipinski definition) is 2. The maximum absolute atomic E-state index is 6.22. The summed E-state index contributed by atoms with van der Waals surface area (Å²) in [5.41, 5.74) is 6.99. The molecule has 2 N–H and O–H groups in total. The van der Waals surface area contributed by atoms with Crippen molar-refractivity contribution in [1.29, 1.82) is 0 Å². The number of rotatable bonds is 2. The highest BCUT2D eigenvalue weighted by atomic mass is 35.5. The Morgan fingerprint density at radius 2 is 2.13 bits per heavy atom. The topological polar surface area (TPSA) is 26.0 Å². The van der Waals surface area contributed by atoms with Gasteiger partial charge < -0.3 is 5.73 Å². The van der Waals surface area contributed by atoms with Crippen molar-refractivity contribution < 1.29 is 0 Å². The lowest BCUT2D eigenvalue weighted by Gasteiger charge is -2.04. The van der Waals surface area contributed by atoms with Gasteiger partial charge >= 0.3 is 0 Å². The van der Waals surface area contributed by atoms with Crippen LogP contribution in [0.25, 0.3) is 10.1 Å². The second kappa shape index (κ2) is 4.12. The van der Waals surface area contributed by atoms with Crippen LogP contribution in [0.15, 0.2) is 18.2 Å². The summed E-state index contributed by atoms with van der Waals surface area (Å²) in [6.45, 7) is 4.91. The van der Waals surface area contributed by atoms with Gasteiger partial charge in [0.2, 0.25) is 0 Å². The van der Waals surface area contributed by atoms with E-state index >= 15 is 0 Å². The summed E-state index contributed by atoms with van der Waals surface area (Å²) < 4.78 is 1.24. The summed E-state index contributed by atoms with van der Waals surface area (Å²) in [5, 5.41) is 1.96. The molecule has 15 heavy (non-hydrogen) atoms. The van der Waals surface area contributed by atoms with Crippen molar-refractivity contribution >= 4 is 33.0 Å². The Bertz CT molecular complexity index is 488. The number of benzene rings is 1. The Kier molecular flexibility index (Phi) is 3.01. The molecule has 0 atom stereocenters. The molecule has 0 saturated carbocycles. The zero-order valence-corrected chi connectivity index (χ0v) is 10.5. The van der Waals surface area contributed by atoms with Crippen molar-refractivity contribution in [3.8, 4) is 0 Å². The van der Waals surface area contributed by atoms with Crippen molar-refractivity contribution in [3.05, 3.63) is 33.7 Å². The van der Waals surface area contributed by atoms with E-state index in [-0.39, 0.29) is 0 Å². The first-order valence-electron chi connectivity index (χ1n) is 5.04. The second-order valence-electron chi connectivity index (χ2n) is 3.95. The smallest absolute Gasteiger partial charge is 0.0636 e. The maximum Gasteiger partial charge on any atom is 0.0636 e. The van der Waals surface area contributed by atoms with E-state index in [1.807, 2.05) is 0 Å². The molecule has 2 aromatic rings. The SMILES string of the molecule is CC(C)c1ccc2c(Cl)c(CN)sc2c1. The van der Waals surface area contributed by atoms with Crippen LogP contribution in [-0.2, 0) is 6.54 Å². The van der Waals surface area contributed by atoms with Crippen molar-refractivity contribution in [3.63, 3.8) is 0 Å². The number of nitrogens with two attached hydrogens (primary N) is 1. The average Bonchev–Trinajstić information content (AvgIpc) is 2.55. The molecule has 0 fully saturated rings. The Hall–Kier alpha value is -0.570.